The normalized spacial score (nSPS) is 19.4. The van der Waals surface area contributed by atoms with Crippen LogP contribution in [0.1, 0.15) is 76.8 Å². The number of hydrogen-bond donors (Lipinski definition) is 1. The van der Waals surface area contributed by atoms with Crippen molar-refractivity contribution in [3.8, 4) is 0 Å². The summed E-state index contributed by atoms with van der Waals surface area (Å²) in [6.07, 6.45) is 4.19. The van der Waals surface area contributed by atoms with Gasteiger partial charge in [-0.3, -0.25) is 0 Å². The second kappa shape index (κ2) is 6.30. The molecule has 0 radical (unpaired) electrons. The molecule has 1 nitrogen and oxygen atoms in total. The van der Waals surface area contributed by atoms with E-state index in [0.29, 0.717) is 11.8 Å². The van der Waals surface area contributed by atoms with Crippen molar-refractivity contribution in [3.05, 3.63) is 35.4 Å². The third-order valence-electron chi connectivity index (χ3n) is 4.82. The van der Waals surface area contributed by atoms with Gasteiger partial charge in [-0.15, -0.1) is 0 Å². The van der Waals surface area contributed by atoms with Crippen LogP contribution in [0.4, 0.5) is 0 Å². The molecule has 1 N–H and O–H groups in total. The van der Waals surface area contributed by atoms with Crippen LogP contribution in [0.2, 0.25) is 0 Å². The molecular formula is C19H31N. The molecular weight excluding hydrogens is 242 g/mol. The van der Waals surface area contributed by atoms with Crippen LogP contribution < -0.4 is 5.32 Å². The lowest BCUT2D eigenvalue weighted by molar-refractivity contribution is 0.359. The molecule has 2 atom stereocenters. The van der Waals surface area contributed by atoms with Crippen LogP contribution in [0, 0.1) is 5.92 Å². The van der Waals surface area contributed by atoms with Gasteiger partial charge in [0, 0.05) is 5.54 Å². The molecule has 0 spiro atoms. The summed E-state index contributed by atoms with van der Waals surface area (Å²) in [5.41, 5.74) is 3.29. The zero-order chi connectivity index (χ0) is 14.8. The fourth-order valence-corrected chi connectivity index (χ4v) is 2.81. The Hall–Kier alpha value is -0.820. The Bertz CT molecular complexity index is 426. The van der Waals surface area contributed by atoms with Gasteiger partial charge in [-0.1, -0.05) is 44.5 Å². The van der Waals surface area contributed by atoms with Gasteiger partial charge in [0.15, 0.2) is 0 Å². The molecule has 1 aromatic carbocycles. The van der Waals surface area contributed by atoms with Crippen molar-refractivity contribution in [2.75, 3.05) is 6.54 Å². The molecule has 1 aliphatic rings. The molecule has 20 heavy (non-hydrogen) atoms. The highest BCUT2D eigenvalue weighted by atomic mass is 14.9. The Morgan fingerprint density at radius 2 is 1.90 bits per heavy atom. The highest BCUT2D eigenvalue weighted by Crippen LogP contribution is 2.37. The zero-order valence-corrected chi connectivity index (χ0v) is 13.9. The highest BCUT2D eigenvalue weighted by molar-refractivity contribution is 5.30. The maximum atomic E-state index is 3.63. The number of rotatable bonds is 5. The van der Waals surface area contributed by atoms with Crippen molar-refractivity contribution in [2.24, 2.45) is 5.92 Å². The van der Waals surface area contributed by atoms with Crippen molar-refractivity contribution in [2.45, 2.75) is 71.3 Å². The van der Waals surface area contributed by atoms with Gasteiger partial charge in [0.05, 0.1) is 0 Å². The first-order valence-electron chi connectivity index (χ1n) is 8.22. The minimum atomic E-state index is 0.210. The minimum Gasteiger partial charge on any atom is -0.312 e. The zero-order valence-electron chi connectivity index (χ0n) is 13.9. The largest absolute Gasteiger partial charge is 0.312 e. The third-order valence-corrected chi connectivity index (χ3v) is 4.82. The molecule has 2 rings (SSSR count). The topological polar surface area (TPSA) is 12.0 Å². The molecule has 2 unspecified atom stereocenters. The molecule has 1 fully saturated rings. The van der Waals surface area contributed by atoms with Crippen molar-refractivity contribution >= 4 is 0 Å². The van der Waals surface area contributed by atoms with Gasteiger partial charge in [0.2, 0.25) is 0 Å². The van der Waals surface area contributed by atoms with Crippen LogP contribution >= 0.6 is 0 Å². The fourth-order valence-electron chi connectivity index (χ4n) is 2.81. The summed E-state index contributed by atoms with van der Waals surface area (Å²) in [5, 5.41) is 3.63. The molecule has 112 valence electrons. The van der Waals surface area contributed by atoms with Crippen molar-refractivity contribution in [3.63, 3.8) is 0 Å². The summed E-state index contributed by atoms with van der Waals surface area (Å²) >= 11 is 0. The quantitative estimate of drug-likeness (QED) is 0.788. The number of benzene rings is 1. The van der Waals surface area contributed by atoms with E-state index in [9.17, 15) is 0 Å². The summed E-state index contributed by atoms with van der Waals surface area (Å²) in [7, 11) is 0. The Morgan fingerprint density at radius 3 is 2.45 bits per heavy atom. The maximum Gasteiger partial charge on any atom is 0.00966 e. The lowest BCUT2D eigenvalue weighted by atomic mass is 9.78. The molecule has 0 aromatic heterocycles. The van der Waals surface area contributed by atoms with E-state index in [1.807, 2.05) is 0 Å². The molecule has 0 heterocycles. The van der Waals surface area contributed by atoms with E-state index in [4.69, 9.17) is 0 Å². The van der Waals surface area contributed by atoms with E-state index in [-0.39, 0.29) is 5.54 Å². The first kappa shape index (κ1) is 15.6. The van der Waals surface area contributed by atoms with E-state index in [1.165, 1.54) is 24.8 Å². The van der Waals surface area contributed by atoms with Crippen LogP contribution in [-0.4, -0.2) is 12.1 Å². The van der Waals surface area contributed by atoms with Crippen molar-refractivity contribution in [1.29, 1.82) is 0 Å². The second-order valence-electron chi connectivity index (χ2n) is 7.69. The molecule has 1 aromatic rings. The Kier molecular flexibility index (Phi) is 4.90. The maximum absolute atomic E-state index is 3.63. The van der Waals surface area contributed by atoms with Crippen molar-refractivity contribution in [1.82, 2.24) is 5.32 Å². The monoisotopic (exact) mass is 273 g/mol. The van der Waals surface area contributed by atoms with E-state index in [2.05, 4.69) is 64.2 Å². The van der Waals surface area contributed by atoms with Gasteiger partial charge in [0.25, 0.3) is 0 Å². The lowest BCUT2D eigenvalue weighted by Crippen LogP contribution is -2.39. The van der Waals surface area contributed by atoms with Crippen molar-refractivity contribution < 1.29 is 0 Å². The van der Waals surface area contributed by atoms with Gasteiger partial charge < -0.3 is 5.32 Å². The molecule has 0 saturated heterocycles. The molecule has 1 heteroatoms. The molecule has 0 aliphatic heterocycles. The highest BCUT2D eigenvalue weighted by Gasteiger charge is 2.21. The fraction of sp³-hybridized carbons (Fsp3) is 0.684. The lowest BCUT2D eigenvalue weighted by Gasteiger charge is -2.29. The summed E-state index contributed by atoms with van der Waals surface area (Å²) in [5.74, 6) is 2.11. The van der Waals surface area contributed by atoms with Gasteiger partial charge in [-0.25, -0.2) is 0 Å². The Balaban J connectivity index is 1.98. The van der Waals surface area contributed by atoms with Gasteiger partial charge in [-0.2, -0.15) is 0 Å². The van der Waals surface area contributed by atoms with E-state index >= 15 is 0 Å². The van der Waals surface area contributed by atoms with Gasteiger partial charge in [-0.05, 0) is 69.0 Å². The van der Waals surface area contributed by atoms with Crippen LogP contribution in [0.25, 0.3) is 0 Å². The first-order chi connectivity index (χ1) is 9.37. The smallest absolute Gasteiger partial charge is 0.00966 e. The summed E-state index contributed by atoms with van der Waals surface area (Å²) in [6.45, 7) is 12.5. The van der Waals surface area contributed by atoms with E-state index < -0.39 is 0 Å². The van der Waals surface area contributed by atoms with Gasteiger partial charge in [0.1, 0.15) is 0 Å². The van der Waals surface area contributed by atoms with Crippen LogP contribution in [0.3, 0.4) is 0 Å². The predicted octanol–water partition coefficient (Wildman–Crippen LogP) is 5.08. The van der Waals surface area contributed by atoms with Crippen LogP contribution in [0.15, 0.2) is 24.3 Å². The Morgan fingerprint density at radius 1 is 1.20 bits per heavy atom. The van der Waals surface area contributed by atoms with Crippen LogP contribution in [0.5, 0.6) is 0 Å². The van der Waals surface area contributed by atoms with Gasteiger partial charge >= 0.3 is 0 Å². The average molecular weight is 273 g/mol. The predicted molar refractivity (Wildman–Crippen MR) is 88.4 cm³/mol. The molecule has 1 saturated carbocycles. The van der Waals surface area contributed by atoms with Crippen LogP contribution in [-0.2, 0) is 0 Å². The van der Waals surface area contributed by atoms with E-state index in [0.717, 1.165) is 12.5 Å². The first-order valence-corrected chi connectivity index (χ1v) is 8.22. The standard InChI is InChI=1S/C19H31N/c1-14(13-20-19(3,4)5)15(2)17-10-7-11-18(12-17)16-8-6-9-16/h7,10-12,14-16,20H,6,8-9,13H2,1-5H3. The molecule has 1 aliphatic carbocycles. The summed E-state index contributed by atoms with van der Waals surface area (Å²) in [6, 6.07) is 9.34. The minimum absolute atomic E-state index is 0.210. The SMILES string of the molecule is CC(CNC(C)(C)C)C(C)c1cccc(C2CCC2)c1. The molecule has 0 bridgehead atoms. The number of nitrogens with one attached hydrogen (secondary N) is 1. The second-order valence-corrected chi connectivity index (χ2v) is 7.69. The molecule has 0 amide bonds. The summed E-state index contributed by atoms with van der Waals surface area (Å²) in [4.78, 5) is 0. The average Bonchev–Trinajstić information content (AvgIpc) is 2.32. The third kappa shape index (κ3) is 4.09. The Labute approximate surface area is 125 Å². The summed E-state index contributed by atoms with van der Waals surface area (Å²) < 4.78 is 0. The number of hydrogen-bond acceptors (Lipinski definition) is 1. The van der Waals surface area contributed by atoms with E-state index in [1.54, 1.807) is 5.56 Å².